The van der Waals surface area contributed by atoms with Gasteiger partial charge in [0.1, 0.15) is 0 Å². The summed E-state index contributed by atoms with van der Waals surface area (Å²) in [6.07, 6.45) is 2.94. The maximum absolute atomic E-state index is 11.6. The molecule has 17 heavy (non-hydrogen) atoms. The molecule has 2 unspecified atom stereocenters. The molecule has 2 atom stereocenters. The third-order valence-electron chi connectivity index (χ3n) is 3.29. The molecular weight excluding hydrogens is 216 g/mol. The third kappa shape index (κ3) is 5.50. The summed E-state index contributed by atoms with van der Waals surface area (Å²) in [7, 11) is 1.94. The first-order chi connectivity index (χ1) is 7.99. The van der Waals surface area contributed by atoms with Crippen molar-refractivity contribution in [3.8, 4) is 0 Å². The second-order valence-corrected chi connectivity index (χ2v) is 5.65. The first-order valence-corrected chi connectivity index (χ1v) is 6.62. The highest BCUT2D eigenvalue weighted by Crippen LogP contribution is 2.25. The lowest BCUT2D eigenvalue weighted by Gasteiger charge is -2.22. The Morgan fingerprint density at radius 3 is 2.71 bits per heavy atom. The monoisotopic (exact) mass is 242 g/mol. The number of rotatable bonds is 6. The number of nitrogens with zero attached hydrogens (tertiary/aromatic N) is 1. The third-order valence-corrected chi connectivity index (χ3v) is 3.29. The zero-order valence-corrected chi connectivity index (χ0v) is 11.3. The fourth-order valence-electron chi connectivity index (χ4n) is 2.31. The topological polar surface area (TPSA) is 52.6 Å². The zero-order valence-electron chi connectivity index (χ0n) is 11.3. The van der Waals surface area contributed by atoms with Crippen LogP contribution in [0.25, 0.3) is 0 Å². The van der Waals surface area contributed by atoms with Crippen molar-refractivity contribution in [2.24, 2.45) is 11.8 Å². The van der Waals surface area contributed by atoms with Gasteiger partial charge in [-0.1, -0.05) is 20.3 Å². The van der Waals surface area contributed by atoms with Crippen molar-refractivity contribution in [1.82, 2.24) is 10.2 Å². The van der Waals surface area contributed by atoms with Gasteiger partial charge in [-0.3, -0.25) is 9.69 Å². The SMILES string of the molecule is CC(C)CNC(=O)CN(C)CC1CCCC1O. The van der Waals surface area contributed by atoms with Gasteiger partial charge in [0.05, 0.1) is 12.6 Å². The van der Waals surface area contributed by atoms with Gasteiger partial charge in [0, 0.05) is 13.1 Å². The van der Waals surface area contributed by atoms with Crippen molar-refractivity contribution in [1.29, 1.82) is 0 Å². The van der Waals surface area contributed by atoms with Gasteiger partial charge in [0.15, 0.2) is 0 Å². The Morgan fingerprint density at radius 2 is 2.18 bits per heavy atom. The van der Waals surface area contributed by atoms with Gasteiger partial charge in [0.25, 0.3) is 0 Å². The number of carbonyl (C=O) groups is 1. The highest BCUT2D eigenvalue weighted by Gasteiger charge is 2.26. The second-order valence-electron chi connectivity index (χ2n) is 5.65. The number of nitrogens with one attached hydrogen (secondary N) is 1. The molecule has 0 heterocycles. The minimum atomic E-state index is -0.170. The van der Waals surface area contributed by atoms with Crippen molar-refractivity contribution in [3.63, 3.8) is 0 Å². The van der Waals surface area contributed by atoms with Gasteiger partial charge in [-0.2, -0.15) is 0 Å². The maximum Gasteiger partial charge on any atom is 0.234 e. The number of carbonyl (C=O) groups excluding carboxylic acids is 1. The van der Waals surface area contributed by atoms with Crippen LogP contribution in [0, 0.1) is 11.8 Å². The summed E-state index contributed by atoms with van der Waals surface area (Å²) in [5.41, 5.74) is 0. The fourth-order valence-corrected chi connectivity index (χ4v) is 2.31. The van der Waals surface area contributed by atoms with E-state index in [0.717, 1.165) is 32.4 Å². The average molecular weight is 242 g/mol. The van der Waals surface area contributed by atoms with Gasteiger partial charge >= 0.3 is 0 Å². The van der Waals surface area contributed by atoms with Gasteiger partial charge in [0.2, 0.25) is 5.91 Å². The summed E-state index contributed by atoms with van der Waals surface area (Å²) < 4.78 is 0. The van der Waals surface area contributed by atoms with E-state index in [2.05, 4.69) is 19.2 Å². The lowest BCUT2D eigenvalue weighted by molar-refractivity contribution is -0.122. The van der Waals surface area contributed by atoms with Gasteiger partial charge in [-0.05, 0) is 31.7 Å². The van der Waals surface area contributed by atoms with Crippen LogP contribution in [-0.4, -0.2) is 48.7 Å². The van der Waals surface area contributed by atoms with E-state index in [-0.39, 0.29) is 12.0 Å². The normalized spacial score (nSPS) is 24.6. The molecule has 0 spiro atoms. The van der Waals surface area contributed by atoms with E-state index in [1.165, 1.54) is 0 Å². The molecule has 0 aromatic heterocycles. The van der Waals surface area contributed by atoms with Crippen LogP contribution in [0.2, 0.25) is 0 Å². The molecule has 1 aliphatic rings. The molecule has 0 aromatic carbocycles. The van der Waals surface area contributed by atoms with E-state index >= 15 is 0 Å². The Labute approximate surface area is 104 Å². The predicted octanol–water partition coefficient (Wildman–Crippen LogP) is 0.851. The molecule has 1 fully saturated rings. The van der Waals surface area contributed by atoms with Gasteiger partial charge in [-0.25, -0.2) is 0 Å². The van der Waals surface area contributed by atoms with E-state index < -0.39 is 0 Å². The van der Waals surface area contributed by atoms with Crippen molar-refractivity contribution < 1.29 is 9.90 Å². The summed E-state index contributed by atoms with van der Waals surface area (Å²) in [6.45, 7) is 6.14. The number of hydrogen-bond donors (Lipinski definition) is 2. The van der Waals surface area contributed by atoms with E-state index in [1.54, 1.807) is 0 Å². The van der Waals surface area contributed by atoms with Crippen LogP contribution in [-0.2, 0) is 4.79 Å². The molecule has 2 N–H and O–H groups in total. The summed E-state index contributed by atoms with van der Waals surface area (Å²) in [5.74, 6) is 0.910. The smallest absolute Gasteiger partial charge is 0.234 e. The van der Waals surface area contributed by atoms with E-state index in [9.17, 15) is 9.90 Å². The lowest BCUT2D eigenvalue weighted by atomic mass is 10.1. The molecule has 4 heteroatoms. The summed E-state index contributed by atoms with van der Waals surface area (Å²) >= 11 is 0. The minimum absolute atomic E-state index is 0.0775. The fraction of sp³-hybridized carbons (Fsp3) is 0.923. The number of likely N-dealkylation sites (N-methyl/N-ethyl adjacent to an activating group) is 1. The highest BCUT2D eigenvalue weighted by molar-refractivity contribution is 5.77. The molecule has 100 valence electrons. The molecule has 0 bridgehead atoms. The van der Waals surface area contributed by atoms with Crippen LogP contribution in [0.1, 0.15) is 33.1 Å². The Bertz CT molecular complexity index is 244. The van der Waals surface area contributed by atoms with Crippen molar-refractivity contribution in [3.05, 3.63) is 0 Å². The standard InChI is InChI=1S/C13H26N2O2/c1-10(2)7-14-13(17)9-15(3)8-11-5-4-6-12(11)16/h10-12,16H,4-9H2,1-3H3,(H,14,17). The average Bonchev–Trinajstić information content (AvgIpc) is 2.61. The van der Waals surface area contributed by atoms with Gasteiger partial charge < -0.3 is 10.4 Å². The van der Waals surface area contributed by atoms with Crippen molar-refractivity contribution >= 4 is 5.91 Å². The number of amides is 1. The van der Waals surface area contributed by atoms with Crippen LogP contribution in [0.3, 0.4) is 0 Å². The highest BCUT2D eigenvalue weighted by atomic mass is 16.3. The Morgan fingerprint density at radius 1 is 1.47 bits per heavy atom. The quantitative estimate of drug-likeness (QED) is 0.726. The summed E-state index contributed by atoms with van der Waals surface area (Å²) in [5, 5.41) is 12.6. The van der Waals surface area contributed by atoms with Crippen LogP contribution in [0.5, 0.6) is 0 Å². The molecule has 1 aliphatic carbocycles. The largest absolute Gasteiger partial charge is 0.393 e. The number of aliphatic hydroxyl groups excluding tert-OH is 1. The minimum Gasteiger partial charge on any atom is -0.393 e. The van der Waals surface area contributed by atoms with Crippen LogP contribution in [0.4, 0.5) is 0 Å². The van der Waals surface area contributed by atoms with Crippen LogP contribution >= 0.6 is 0 Å². The molecule has 0 aliphatic heterocycles. The lowest BCUT2D eigenvalue weighted by Crippen LogP contribution is -2.39. The molecule has 1 rings (SSSR count). The summed E-state index contributed by atoms with van der Waals surface area (Å²) in [4.78, 5) is 13.6. The molecule has 0 saturated heterocycles. The molecule has 1 amide bonds. The zero-order chi connectivity index (χ0) is 12.8. The van der Waals surface area contributed by atoms with Gasteiger partial charge in [-0.15, -0.1) is 0 Å². The van der Waals surface area contributed by atoms with E-state index in [4.69, 9.17) is 0 Å². The number of hydrogen-bond acceptors (Lipinski definition) is 3. The van der Waals surface area contributed by atoms with E-state index in [0.29, 0.717) is 18.4 Å². The first kappa shape index (κ1) is 14.5. The first-order valence-electron chi connectivity index (χ1n) is 6.62. The molecular formula is C13H26N2O2. The Kier molecular flexibility index (Phi) is 5.92. The Hall–Kier alpha value is -0.610. The van der Waals surface area contributed by atoms with Crippen molar-refractivity contribution in [2.45, 2.75) is 39.2 Å². The molecule has 1 saturated carbocycles. The van der Waals surface area contributed by atoms with Crippen LogP contribution in [0.15, 0.2) is 0 Å². The number of aliphatic hydroxyl groups is 1. The Balaban J connectivity index is 2.19. The van der Waals surface area contributed by atoms with Crippen molar-refractivity contribution in [2.75, 3.05) is 26.7 Å². The van der Waals surface area contributed by atoms with E-state index in [1.807, 2.05) is 11.9 Å². The molecule has 0 aromatic rings. The predicted molar refractivity (Wildman–Crippen MR) is 68.7 cm³/mol. The molecule has 4 nitrogen and oxygen atoms in total. The molecule has 0 radical (unpaired) electrons. The van der Waals surface area contributed by atoms with Crippen LogP contribution < -0.4 is 5.32 Å². The maximum atomic E-state index is 11.6. The summed E-state index contributed by atoms with van der Waals surface area (Å²) in [6, 6.07) is 0. The second kappa shape index (κ2) is 6.97.